The van der Waals surface area contributed by atoms with Gasteiger partial charge in [-0.2, -0.15) is 0 Å². The summed E-state index contributed by atoms with van der Waals surface area (Å²) in [4.78, 5) is 0. The number of hydrogen-bond donors (Lipinski definition) is 1. The topological polar surface area (TPSA) is 66.4 Å². The normalized spacial score (nSPS) is 23.8. The maximum absolute atomic E-state index is 11.8. The molecule has 1 heterocycles. The van der Waals surface area contributed by atoms with Gasteiger partial charge in [0, 0.05) is 0 Å². The van der Waals surface area contributed by atoms with Crippen molar-refractivity contribution in [2.75, 3.05) is 6.61 Å². The van der Waals surface area contributed by atoms with Gasteiger partial charge in [-0.25, -0.2) is 0 Å². The summed E-state index contributed by atoms with van der Waals surface area (Å²) in [7, 11) is 0. The summed E-state index contributed by atoms with van der Waals surface area (Å²) in [5.41, 5.74) is 4.00. The predicted octanol–water partition coefficient (Wildman–Crippen LogP) is 6.23. The molecule has 0 amide bonds. The largest absolute Gasteiger partial charge is 0.374 e. The highest BCUT2D eigenvalue weighted by Gasteiger charge is 2.55. The van der Waals surface area contributed by atoms with Crippen LogP contribution in [0.4, 0.5) is 0 Å². The summed E-state index contributed by atoms with van der Waals surface area (Å²) < 4.78 is 31.9. The summed E-state index contributed by atoms with van der Waals surface area (Å²) in [6.07, 6.45) is -1.55. The minimum Gasteiger partial charge on any atom is -0.374 e. The van der Waals surface area contributed by atoms with Crippen LogP contribution in [0, 0.1) is 0 Å². The van der Waals surface area contributed by atoms with Crippen molar-refractivity contribution in [3.8, 4) is 0 Å². The van der Waals surface area contributed by atoms with E-state index in [-0.39, 0.29) is 13.2 Å². The van der Waals surface area contributed by atoms with E-state index < -0.39 is 30.2 Å². The number of aliphatic hydroxyl groups is 1. The Bertz CT molecular complexity index is 1330. The lowest BCUT2D eigenvalue weighted by Crippen LogP contribution is -2.66. The number of ether oxygens (including phenoxy) is 5. The molecule has 0 aliphatic carbocycles. The second kappa shape index (κ2) is 15.0. The molecule has 1 fully saturated rings. The van der Waals surface area contributed by atoms with Crippen molar-refractivity contribution in [3.05, 3.63) is 156 Å². The van der Waals surface area contributed by atoms with Crippen LogP contribution in [0.5, 0.6) is 0 Å². The molecular formula is C36H38O6. The fourth-order valence-electron chi connectivity index (χ4n) is 5.05. The Kier molecular flexibility index (Phi) is 10.7. The first-order chi connectivity index (χ1) is 20.6. The number of benzene rings is 4. The Morgan fingerprint density at radius 2 is 1.00 bits per heavy atom. The standard InChI is InChI=1S/C36H38O6/c1-2-36(37)35(41-26-31-21-13-6-14-22-31)34(40-25-30-19-11-5-12-20-30)33(39-24-29-17-9-4-10-18-29)32(42-36)27-38-23-28-15-7-3-8-16-28/h2-22,32-35,37H,1,23-27H2. The zero-order valence-corrected chi connectivity index (χ0v) is 23.7. The molecular weight excluding hydrogens is 528 g/mol. The molecule has 5 rings (SSSR count). The first-order valence-corrected chi connectivity index (χ1v) is 14.3. The second-order valence-electron chi connectivity index (χ2n) is 10.4. The molecule has 0 saturated carbocycles. The Labute approximate surface area is 248 Å². The lowest BCUT2D eigenvalue weighted by molar-refractivity contribution is -0.351. The summed E-state index contributed by atoms with van der Waals surface area (Å²) in [5, 5.41) is 11.8. The van der Waals surface area contributed by atoms with Gasteiger partial charge < -0.3 is 28.8 Å². The predicted molar refractivity (Wildman–Crippen MR) is 161 cm³/mol. The highest BCUT2D eigenvalue weighted by Crippen LogP contribution is 2.36. The molecule has 0 spiro atoms. The maximum atomic E-state index is 11.8. The van der Waals surface area contributed by atoms with E-state index in [1.165, 1.54) is 6.08 Å². The molecule has 0 radical (unpaired) electrons. The summed E-state index contributed by atoms with van der Waals surface area (Å²) in [6.45, 7) is 5.33. The molecule has 42 heavy (non-hydrogen) atoms. The zero-order valence-electron chi connectivity index (χ0n) is 23.7. The van der Waals surface area contributed by atoms with Crippen molar-refractivity contribution < 1.29 is 28.8 Å². The van der Waals surface area contributed by atoms with Gasteiger partial charge in [0.25, 0.3) is 0 Å². The molecule has 0 bridgehead atoms. The van der Waals surface area contributed by atoms with E-state index in [9.17, 15) is 5.11 Å². The fourth-order valence-corrected chi connectivity index (χ4v) is 5.05. The first kappa shape index (κ1) is 29.9. The van der Waals surface area contributed by atoms with Crippen molar-refractivity contribution in [1.82, 2.24) is 0 Å². The van der Waals surface area contributed by atoms with Crippen LogP contribution in [-0.2, 0) is 50.1 Å². The van der Waals surface area contributed by atoms with Crippen LogP contribution in [0.2, 0.25) is 0 Å². The molecule has 1 saturated heterocycles. The molecule has 6 nitrogen and oxygen atoms in total. The van der Waals surface area contributed by atoms with Gasteiger partial charge in [-0.15, -0.1) is 0 Å². The van der Waals surface area contributed by atoms with E-state index in [2.05, 4.69) is 6.58 Å². The minimum absolute atomic E-state index is 0.168. The van der Waals surface area contributed by atoms with E-state index in [1.54, 1.807) is 0 Å². The van der Waals surface area contributed by atoms with E-state index in [1.807, 2.05) is 121 Å². The molecule has 5 unspecified atom stereocenters. The Hall–Kier alpha value is -3.62. The number of hydrogen-bond acceptors (Lipinski definition) is 6. The van der Waals surface area contributed by atoms with Crippen LogP contribution in [-0.4, -0.2) is 41.9 Å². The highest BCUT2D eigenvalue weighted by molar-refractivity contribution is 5.17. The Morgan fingerprint density at radius 1 is 0.595 bits per heavy atom. The van der Waals surface area contributed by atoms with Crippen molar-refractivity contribution in [2.45, 2.75) is 56.6 Å². The van der Waals surface area contributed by atoms with E-state index in [0.29, 0.717) is 19.8 Å². The molecule has 5 atom stereocenters. The average molecular weight is 567 g/mol. The van der Waals surface area contributed by atoms with Crippen LogP contribution < -0.4 is 0 Å². The molecule has 218 valence electrons. The van der Waals surface area contributed by atoms with Crippen molar-refractivity contribution in [2.24, 2.45) is 0 Å². The molecule has 1 aliphatic rings. The fraction of sp³-hybridized carbons (Fsp3) is 0.278. The Morgan fingerprint density at radius 3 is 1.45 bits per heavy atom. The van der Waals surface area contributed by atoms with Gasteiger partial charge >= 0.3 is 0 Å². The highest BCUT2D eigenvalue weighted by atomic mass is 16.7. The smallest absolute Gasteiger partial charge is 0.215 e. The number of rotatable bonds is 14. The van der Waals surface area contributed by atoms with Crippen molar-refractivity contribution in [1.29, 1.82) is 0 Å². The second-order valence-corrected chi connectivity index (χ2v) is 10.4. The van der Waals surface area contributed by atoms with Crippen LogP contribution in [0.15, 0.2) is 134 Å². The van der Waals surface area contributed by atoms with Gasteiger partial charge in [0.05, 0.1) is 33.0 Å². The van der Waals surface area contributed by atoms with Crippen molar-refractivity contribution >= 4 is 0 Å². The molecule has 1 N–H and O–H groups in total. The summed E-state index contributed by atoms with van der Waals surface area (Å²) in [6, 6.07) is 39.5. The third-order valence-electron chi connectivity index (χ3n) is 7.27. The molecule has 0 aromatic heterocycles. The zero-order chi connectivity index (χ0) is 29.0. The van der Waals surface area contributed by atoms with Crippen LogP contribution in [0.25, 0.3) is 0 Å². The monoisotopic (exact) mass is 566 g/mol. The Balaban J connectivity index is 1.42. The van der Waals surface area contributed by atoms with E-state index in [0.717, 1.165) is 22.3 Å². The van der Waals surface area contributed by atoms with Crippen LogP contribution in [0.1, 0.15) is 22.3 Å². The molecule has 4 aromatic rings. The minimum atomic E-state index is -1.84. The SMILES string of the molecule is C=CC1(O)OC(COCc2ccccc2)C(OCc2ccccc2)C(OCc2ccccc2)C1OCc1ccccc1. The van der Waals surface area contributed by atoms with Gasteiger partial charge in [0.2, 0.25) is 5.79 Å². The van der Waals surface area contributed by atoms with Gasteiger partial charge in [-0.3, -0.25) is 0 Å². The van der Waals surface area contributed by atoms with Crippen LogP contribution >= 0.6 is 0 Å². The molecule has 4 aromatic carbocycles. The average Bonchev–Trinajstić information content (AvgIpc) is 3.05. The lowest BCUT2D eigenvalue weighted by Gasteiger charge is -2.49. The maximum Gasteiger partial charge on any atom is 0.215 e. The first-order valence-electron chi connectivity index (χ1n) is 14.3. The molecule has 6 heteroatoms. The summed E-state index contributed by atoms with van der Waals surface area (Å²) >= 11 is 0. The molecule has 1 aliphatic heterocycles. The van der Waals surface area contributed by atoms with Gasteiger partial charge in [0.15, 0.2) is 0 Å². The lowest BCUT2D eigenvalue weighted by atomic mass is 9.91. The van der Waals surface area contributed by atoms with Gasteiger partial charge in [0.1, 0.15) is 24.4 Å². The van der Waals surface area contributed by atoms with E-state index in [4.69, 9.17) is 23.7 Å². The van der Waals surface area contributed by atoms with E-state index >= 15 is 0 Å². The third-order valence-corrected chi connectivity index (χ3v) is 7.27. The van der Waals surface area contributed by atoms with Gasteiger partial charge in [-0.1, -0.05) is 128 Å². The van der Waals surface area contributed by atoms with Crippen LogP contribution in [0.3, 0.4) is 0 Å². The third kappa shape index (κ3) is 8.01. The summed E-state index contributed by atoms with van der Waals surface area (Å²) in [5.74, 6) is -1.84. The van der Waals surface area contributed by atoms with Gasteiger partial charge in [-0.05, 0) is 28.3 Å². The quantitative estimate of drug-likeness (QED) is 0.183. The van der Waals surface area contributed by atoms with Crippen molar-refractivity contribution in [3.63, 3.8) is 0 Å².